The van der Waals surface area contributed by atoms with E-state index >= 15 is 0 Å². The molecule has 0 amide bonds. The zero-order valence-electron chi connectivity index (χ0n) is 10.2. The van der Waals surface area contributed by atoms with E-state index in [9.17, 15) is 4.79 Å². The molecule has 1 aliphatic heterocycles. The molecule has 1 aromatic carbocycles. The van der Waals surface area contributed by atoms with E-state index in [0.717, 1.165) is 25.0 Å². The summed E-state index contributed by atoms with van der Waals surface area (Å²) in [5.74, 6) is 1.22. The second-order valence-electron chi connectivity index (χ2n) is 4.56. The summed E-state index contributed by atoms with van der Waals surface area (Å²) in [5.41, 5.74) is 2.53. The lowest BCUT2D eigenvalue weighted by atomic mass is 9.98. The molecule has 0 N–H and O–H groups in total. The van der Waals surface area contributed by atoms with E-state index in [1.54, 1.807) is 6.92 Å². The molecule has 0 radical (unpaired) electrons. The van der Waals surface area contributed by atoms with Gasteiger partial charge in [-0.25, -0.2) is 0 Å². The highest BCUT2D eigenvalue weighted by molar-refractivity contribution is 5.75. The Morgan fingerprint density at radius 3 is 3.12 bits per heavy atom. The van der Waals surface area contributed by atoms with Gasteiger partial charge in [-0.15, -0.1) is 6.58 Å². The van der Waals surface area contributed by atoms with Crippen molar-refractivity contribution in [1.82, 2.24) is 0 Å². The number of fused-ring (bicyclic) bond motifs is 1. The molecule has 0 fully saturated rings. The highest BCUT2D eigenvalue weighted by Gasteiger charge is 2.23. The Labute approximate surface area is 102 Å². The minimum atomic E-state index is 0.223. The fourth-order valence-electron chi connectivity index (χ4n) is 2.26. The van der Waals surface area contributed by atoms with Gasteiger partial charge >= 0.3 is 0 Å². The van der Waals surface area contributed by atoms with E-state index in [-0.39, 0.29) is 11.9 Å². The number of hydrogen-bond acceptors (Lipinski definition) is 2. The molecule has 0 spiro atoms. The summed E-state index contributed by atoms with van der Waals surface area (Å²) >= 11 is 0. The van der Waals surface area contributed by atoms with Crippen molar-refractivity contribution in [3.8, 4) is 5.75 Å². The first-order valence-electron chi connectivity index (χ1n) is 6.08. The van der Waals surface area contributed by atoms with Crippen molar-refractivity contribution in [2.24, 2.45) is 0 Å². The summed E-state index contributed by atoms with van der Waals surface area (Å²) in [4.78, 5) is 11.0. The average Bonchev–Trinajstić information content (AvgIpc) is 2.69. The normalized spacial score (nSPS) is 17.4. The zero-order valence-corrected chi connectivity index (χ0v) is 10.2. The third-order valence-electron chi connectivity index (χ3n) is 3.13. The summed E-state index contributed by atoms with van der Waals surface area (Å²) < 4.78 is 5.84. The standard InChI is InChI=1S/C15H18O2/c1-3-5-13-10-14-12(9-8-11(2)16)6-4-7-15(14)17-13/h3-4,6-7,13H,1,5,8-10H2,2H3/t13-/m1/s1. The minimum Gasteiger partial charge on any atom is -0.489 e. The highest BCUT2D eigenvalue weighted by atomic mass is 16.5. The predicted octanol–water partition coefficient (Wildman–Crippen LogP) is 3.09. The Kier molecular flexibility index (Phi) is 3.62. The van der Waals surface area contributed by atoms with Crippen LogP contribution in [-0.2, 0) is 17.6 Å². The maximum absolute atomic E-state index is 11.0. The Morgan fingerprint density at radius 1 is 1.59 bits per heavy atom. The van der Waals surface area contributed by atoms with Crippen molar-refractivity contribution in [2.75, 3.05) is 0 Å². The molecule has 2 nitrogen and oxygen atoms in total. The molecule has 0 bridgehead atoms. The molecular formula is C15H18O2. The second-order valence-corrected chi connectivity index (χ2v) is 4.56. The van der Waals surface area contributed by atoms with Crippen LogP contribution < -0.4 is 4.74 Å². The van der Waals surface area contributed by atoms with E-state index < -0.39 is 0 Å². The fraction of sp³-hybridized carbons (Fsp3) is 0.400. The van der Waals surface area contributed by atoms with Crippen LogP contribution in [0.3, 0.4) is 0 Å². The summed E-state index contributed by atoms with van der Waals surface area (Å²) in [6.07, 6.45) is 5.37. The lowest BCUT2D eigenvalue weighted by Crippen LogP contribution is -2.11. The van der Waals surface area contributed by atoms with Crippen LogP contribution >= 0.6 is 0 Å². The van der Waals surface area contributed by atoms with Crippen LogP contribution in [0.5, 0.6) is 5.75 Å². The van der Waals surface area contributed by atoms with Gasteiger partial charge in [0.15, 0.2) is 0 Å². The van der Waals surface area contributed by atoms with Crippen LogP contribution in [0.25, 0.3) is 0 Å². The van der Waals surface area contributed by atoms with Gasteiger partial charge in [0.2, 0.25) is 0 Å². The molecule has 1 aliphatic rings. The van der Waals surface area contributed by atoms with Gasteiger partial charge < -0.3 is 9.53 Å². The molecule has 2 rings (SSSR count). The third-order valence-corrected chi connectivity index (χ3v) is 3.13. The largest absolute Gasteiger partial charge is 0.489 e. The SMILES string of the molecule is C=CC[C@@H]1Cc2c(CCC(C)=O)cccc2O1. The van der Waals surface area contributed by atoms with Crippen molar-refractivity contribution in [1.29, 1.82) is 0 Å². The van der Waals surface area contributed by atoms with Gasteiger partial charge in [-0.05, 0) is 25.0 Å². The molecule has 1 heterocycles. The Hall–Kier alpha value is -1.57. The van der Waals surface area contributed by atoms with Gasteiger partial charge in [-0.1, -0.05) is 18.2 Å². The quantitative estimate of drug-likeness (QED) is 0.727. The molecule has 0 saturated carbocycles. The predicted molar refractivity (Wildman–Crippen MR) is 68.4 cm³/mol. The molecule has 90 valence electrons. The molecule has 0 unspecified atom stereocenters. The smallest absolute Gasteiger partial charge is 0.130 e. The monoisotopic (exact) mass is 230 g/mol. The number of carbonyl (C=O) groups excluding carboxylic acids is 1. The van der Waals surface area contributed by atoms with Gasteiger partial charge in [0, 0.05) is 24.8 Å². The van der Waals surface area contributed by atoms with E-state index in [1.807, 2.05) is 18.2 Å². The molecule has 0 aromatic heterocycles. The van der Waals surface area contributed by atoms with Crippen molar-refractivity contribution in [3.63, 3.8) is 0 Å². The van der Waals surface area contributed by atoms with Gasteiger partial charge in [0.05, 0.1) is 0 Å². The number of ether oxygens (including phenoxy) is 1. The number of rotatable bonds is 5. The number of aryl methyl sites for hydroxylation is 1. The van der Waals surface area contributed by atoms with Crippen molar-refractivity contribution in [2.45, 2.75) is 38.7 Å². The maximum Gasteiger partial charge on any atom is 0.130 e. The van der Waals surface area contributed by atoms with Gasteiger partial charge in [-0.2, -0.15) is 0 Å². The lowest BCUT2D eigenvalue weighted by Gasteiger charge is -2.06. The van der Waals surface area contributed by atoms with Crippen LogP contribution in [0.4, 0.5) is 0 Å². The number of Topliss-reactive ketones (excluding diaryl/α,β-unsaturated/α-hetero) is 1. The van der Waals surface area contributed by atoms with E-state index in [0.29, 0.717) is 6.42 Å². The first-order chi connectivity index (χ1) is 8.20. The summed E-state index contributed by atoms with van der Waals surface area (Å²) in [7, 11) is 0. The molecule has 0 saturated heterocycles. The van der Waals surface area contributed by atoms with E-state index in [2.05, 4.69) is 12.6 Å². The van der Waals surface area contributed by atoms with Crippen LogP contribution in [0.2, 0.25) is 0 Å². The molecule has 17 heavy (non-hydrogen) atoms. The average molecular weight is 230 g/mol. The third kappa shape index (κ3) is 2.76. The van der Waals surface area contributed by atoms with Gasteiger partial charge in [0.1, 0.15) is 17.6 Å². The first-order valence-corrected chi connectivity index (χ1v) is 6.08. The van der Waals surface area contributed by atoms with Crippen molar-refractivity contribution >= 4 is 5.78 Å². The molecule has 1 atom stereocenters. The van der Waals surface area contributed by atoms with Crippen LogP contribution in [0, 0.1) is 0 Å². The van der Waals surface area contributed by atoms with Gasteiger partial charge in [-0.3, -0.25) is 0 Å². The minimum absolute atomic E-state index is 0.223. The molecule has 2 heteroatoms. The molecule has 0 aliphatic carbocycles. The topological polar surface area (TPSA) is 26.3 Å². The Balaban J connectivity index is 2.13. The summed E-state index contributed by atoms with van der Waals surface area (Å²) in [5, 5.41) is 0. The van der Waals surface area contributed by atoms with E-state index in [4.69, 9.17) is 4.74 Å². The van der Waals surface area contributed by atoms with Crippen LogP contribution in [0.15, 0.2) is 30.9 Å². The summed E-state index contributed by atoms with van der Waals surface area (Å²) in [6.45, 7) is 5.38. The van der Waals surface area contributed by atoms with E-state index in [1.165, 1.54) is 11.1 Å². The fourth-order valence-corrected chi connectivity index (χ4v) is 2.26. The zero-order chi connectivity index (χ0) is 12.3. The maximum atomic E-state index is 11.0. The molecular weight excluding hydrogens is 212 g/mol. The van der Waals surface area contributed by atoms with Crippen molar-refractivity contribution < 1.29 is 9.53 Å². The number of hydrogen-bond donors (Lipinski definition) is 0. The number of benzene rings is 1. The number of carbonyl (C=O) groups is 1. The van der Waals surface area contributed by atoms with Gasteiger partial charge in [0.25, 0.3) is 0 Å². The number of ketones is 1. The Morgan fingerprint density at radius 2 is 2.41 bits per heavy atom. The summed E-state index contributed by atoms with van der Waals surface area (Å²) in [6, 6.07) is 6.11. The second kappa shape index (κ2) is 5.17. The van der Waals surface area contributed by atoms with Crippen LogP contribution in [-0.4, -0.2) is 11.9 Å². The lowest BCUT2D eigenvalue weighted by molar-refractivity contribution is -0.116. The Bertz CT molecular complexity index is 435. The van der Waals surface area contributed by atoms with Crippen molar-refractivity contribution in [3.05, 3.63) is 42.0 Å². The highest BCUT2D eigenvalue weighted by Crippen LogP contribution is 2.33. The van der Waals surface area contributed by atoms with Crippen LogP contribution in [0.1, 0.15) is 30.9 Å². The molecule has 1 aromatic rings. The first kappa shape index (κ1) is 11.9.